The van der Waals surface area contributed by atoms with Crippen LogP contribution in [0.1, 0.15) is 17.0 Å². The van der Waals surface area contributed by atoms with Gasteiger partial charge in [0, 0.05) is 34.2 Å². The molecule has 0 amide bonds. The lowest BCUT2D eigenvalue weighted by molar-refractivity contribution is 0.628. The van der Waals surface area contributed by atoms with Gasteiger partial charge >= 0.3 is 0 Å². The van der Waals surface area contributed by atoms with Gasteiger partial charge in [-0.25, -0.2) is 9.37 Å². The Kier molecular flexibility index (Phi) is 5.20. The molecule has 0 radical (unpaired) electrons. The Morgan fingerprint density at radius 3 is 2.76 bits per heavy atom. The number of anilines is 1. The topological polar surface area (TPSA) is 54.2 Å². The van der Waals surface area contributed by atoms with Crippen molar-refractivity contribution in [1.82, 2.24) is 15.0 Å². The van der Waals surface area contributed by atoms with Gasteiger partial charge in [0.25, 0.3) is 0 Å². The van der Waals surface area contributed by atoms with Crippen molar-refractivity contribution in [3.8, 4) is 5.13 Å². The molecule has 0 aliphatic heterocycles. The Hall–Kier alpha value is -2.58. The largest absolute Gasteiger partial charge is 0.331 e. The van der Waals surface area contributed by atoms with Crippen molar-refractivity contribution < 1.29 is 4.39 Å². The van der Waals surface area contributed by atoms with E-state index in [9.17, 15) is 4.39 Å². The number of aromatic nitrogens is 2. The van der Waals surface area contributed by atoms with Crippen LogP contribution in [-0.2, 0) is 0 Å². The van der Waals surface area contributed by atoms with Crippen LogP contribution in [0.3, 0.4) is 0 Å². The van der Waals surface area contributed by atoms with Crippen molar-refractivity contribution in [2.75, 3.05) is 5.32 Å². The lowest BCUT2D eigenvalue weighted by Gasteiger charge is -2.06. The Balaban J connectivity index is 1.65. The standard InChI is InChI=1S/C17H16FN5S2/c1-11-9-13(12(2)23(11)17-19-7-8-25-17)10-20-22-16(24)21-15-5-3-14(18)4-6-15/h3-10H,1-2H3,(H2,21,22,24)/b20-10-. The maximum Gasteiger partial charge on any atom is 0.193 e. The molecular formula is C17H16FN5S2. The average molecular weight is 373 g/mol. The van der Waals surface area contributed by atoms with Gasteiger partial charge in [0.2, 0.25) is 0 Å². The molecule has 3 rings (SSSR count). The summed E-state index contributed by atoms with van der Waals surface area (Å²) in [4.78, 5) is 4.35. The van der Waals surface area contributed by atoms with Crippen LogP contribution in [0, 0.1) is 19.7 Å². The number of hydrogen-bond acceptors (Lipinski definition) is 4. The molecule has 8 heteroatoms. The summed E-state index contributed by atoms with van der Waals surface area (Å²) >= 11 is 6.75. The van der Waals surface area contributed by atoms with Gasteiger partial charge in [-0.2, -0.15) is 5.10 Å². The summed E-state index contributed by atoms with van der Waals surface area (Å²) in [7, 11) is 0. The van der Waals surface area contributed by atoms with Gasteiger partial charge in [-0.1, -0.05) is 0 Å². The third kappa shape index (κ3) is 4.09. The second-order valence-electron chi connectivity index (χ2n) is 5.31. The highest BCUT2D eigenvalue weighted by molar-refractivity contribution is 7.80. The van der Waals surface area contributed by atoms with Crippen molar-refractivity contribution in [2.24, 2.45) is 5.10 Å². The zero-order valence-corrected chi connectivity index (χ0v) is 15.3. The summed E-state index contributed by atoms with van der Waals surface area (Å²) in [6.07, 6.45) is 3.50. The van der Waals surface area contributed by atoms with Crippen LogP contribution in [-0.4, -0.2) is 20.9 Å². The number of nitrogens with zero attached hydrogens (tertiary/aromatic N) is 3. The van der Waals surface area contributed by atoms with E-state index in [4.69, 9.17) is 12.2 Å². The van der Waals surface area contributed by atoms with Crippen LogP contribution in [0.2, 0.25) is 0 Å². The lowest BCUT2D eigenvalue weighted by Crippen LogP contribution is -2.23. The highest BCUT2D eigenvalue weighted by Crippen LogP contribution is 2.21. The predicted octanol–water partition coefficient (Wildman–Crippen LogP) is 4.01. The van der Waals surface area contributed by atoms with Gasteiger partial charge in [0.05, 0.1) is 6.21 Å². The SMILES string of the molecule is Cc1cc(/C=N\NC(=S)Nc2ccc(F)cc2)c(C)n1-c1nccs1. The second-order valence-corrected chi connectivity index (χ2v) is 6.59. The summed E-state index contributed by atoms with van der Waals surface area (Å²) in [5.41, 5.74) is 6.56. The Bertz CT molecular complexity index is 898. The number of halogens is 1. The molecule has 2 heterocycles. The normalized spacial score (nSPS) is 11.0. The fourth-order valence-electron chi connectivity index (χ4n) is 2.39. The van der Waals surface area contributed by atoms with Gasteiger partial charge in [0.1, 0.15) is 5.82 Å². The van der Waals surface area contributed by atoms with Crippen molar-refractivity contribution >= 4 is 40.6 Å². The van der Waals surface area contributed by atoms with Crippen LogP contribution in [0.4, 0.5) is 10.1 Å². The van der Waals surface area contributed by atoms with E-state index in [0.717, 1.165) is 22.1 Å². The number of thiocarbonyl (C=S) groups is 1. The minimum absolute atomic E-state index is 0.293. The van der Waals surface area contributed by atoms with Gasteiger partial charge in [-0.15, -0.1) is 11.3 Å². The highest BCUT2D eigenvalue weighted by atomic mass is 32.1. The van der Waals surface area contributed by atoms with Crippen LogP contribution >= 0.6 is 23.6 Å². The number of rotatable bonds is 4. The van der Waals surface area contributed by atoms with Gasteiger partial charge in [-0.3, -0.25) is 9.99 Å². The molecule has 1 aromatic carbocycles. The Morgan fingerprint density at radius 1 is 1.32 bits per heavy atom. The number of hydrogen-bond donors (Lipinski definition) is 2. The van der Waals surface area contributed by atoms with Crippen molar-refractivity contribution in [3.63, 3.8) is 0 Å². The molecular weight excluding hydrogens is 357 g/mol. The summed E-state index contributed by atoms with van der Waals surface area (Å²) in [6, 6.07) is 7.98. The van der Waals surface area contributed by atoms with E-state index in [2.05, 4.69) is 25.4 Å². The summed E-state index contributed by atoms with van der Waals surface area (Å²) in [5, 5.41) is 10.3. The molecule has 5 nitrogen and oxygen atoms in total. The van der Waals surface area contributed by atoms with Crippen molar-refractivity contribution in [1.29, 1.82) is 0 Å². The van der Waals surface area contributed by atoms with E-state index in [1.54, 1.807) is 35.9 Å². The molecule has 3 aromatic rings. The predicted molar refractivity (Wildman–Crippen MR) is 104 cm³/mol. The maximum absolute atomic E-state index is 12.9. The first-order valence-electron chi connectivity index (χ1n) is 7.49. The molecule has 0 unspecified atom stereocenters. The number of hydrazone groups is 1. The monoisotopic (exact) mass is 373 g/mol. The first-order valence-corrected chi connectivity index (χ1v) is 8.78. The Morgan fingerprint density at radius 2 is 2.08 bits per heavy atom. The number of aryl methyl sites for hydroxylation is 1. The average Bonchev–Trinajstić information content (AvgIpc) is 3.18. The summed E-state index contributed by atoms with van der Waals surface area (Å²) in [6.45, 7) is 4.05. The number of nitrogens with one attached hydrogen (secondary N) is 2. The maximum atomic E-state index is 12.9. The fraction of sp³-hybridized carbons (Fsp3) is 0.118. The molecule has 0 spiro atoms. The fourth-order valence-corrected chi connectivity index (χ4v) is 3.31. The molecule has 0 saturated carbocycles. The molecule has 25 heavy (non-hydrogen) atoms. The third-order valence-corrected chi connectivity index (χ3v) is 4.50. The minimum atomic E-state index is -0.293. The van der Waals surface area contributed by atoms with E-state index in [0.29, 0.717) is 10.8 Å². The summed E-state index contributed by atoms with van der Waals surface area (Å²) in [5.74, 6) is -0.293. The van der Waals surface area contributed by atoms with Gasteiger partial charge in [0.15, 0.2) is 10.2 Å². The molecule has 0 aliphatic rings. The smallest absolute Gasteiger partial charge is 0.193 e. The van der Waals surface area contributed by atoms with Gasteiger partial charge < -0.3 is 5.32 Å². The first kappa shape index (κ1) is 17.2. The van der Waals surface area contributed by atoms with E-state index in [1.807, 2.05) is 25.3 Å². The van der Waals surface area contributed by atoms with Crippen LogP contribution < -0.4 is 10.7 Å². The summed E-state index contributed by atoms with van der Waals surface area (Å²) < 4.78 is 15.0. The van der Waals surface area contributed by atoms with E-state index in [-0.39, 0.29) is 5.82 Å². The third-order valence-electron chi connectivity index (χ3n) is 3.55. The lowest BCUT2D eigenvalue weighted by atomic mass is 10.3. The molecule has 0 fully saturated rings. The van der Waals surface area contributed by atoms with Gasteiger partial charge in [-0.05, 0) is 56.4 Å². The zero-order valence-electron chi connectivity index (χ0n) is 13.7. The number of benzene rings is 1. The number of thiazole rings is 1. The first-order chi connectivity index (χ1) is 12.0. The van der Waals surface area contributed by atoms with Crippen LogP contribution in [0.25, 0.3) is 5.13 Å². The minimum Gasteiger partial charge on any atom is -0.331 e. The quantitative estimate of drug-likeness (QED) is 0.412. The molecule has 0 atom stereocenters. The van der Waals surface area contributed by atoms with Crippen molar-refractivity contribution in [3.05, 3.63) is 64.7 Å². The molecule has 0 bridgehead atoms. The van der Waals surface area contributed by atoms with E-state index >= 15 is 0 Å². The highest BCUT2D eigenvalue weighted by Gasteiger charge is 2.10. The van der Waals surface area contributed by atoms with E-state index < -0.39 is 0 Å². The Labute approximate surface area is 154 Å². The van der Waals surface area contributed by atoms with Crippen LogP contribution in [0.5, 0.6) is 0 Å². The van der Waals surface area contributed by atoms with Crippen LogP contribution in [0.15, 0.2) is 47.0 Å². The molecule has 0 saturated heterocycles. The molecule has 2 N–H and O–H groups in total. The van der Waals surface area contributed by atoms with Crippen molar-refractivity contribution in [2.45, 2.75) is 13.8 Å². The van der Waals surface area contributed by atoms with E-state index in [1.165, 1.54) is 12.1 Å². The molecule has 0 aliphatic carbocycles. The molecule has 128 valence electrons. The molecule has 2 aromatic heterocycles. The zero-order chi connectivity index (χ0) is 17.8. The second kappa shape index (κ2) is 7.54.